The van der Waals surface area contributed by atoms with E-state index in [9.17, 15) is 14.9 Å². The fraction of sp³-hybridized carbons (Fsp3) is 0.429. The summed E-state index contributed by atoms with van der Waals surface area (Å²) >= 11 is 0. The van der Waals surface area contributed by atoms with Crippen LogP contribution >= 0.6 is 0 Å². The molecule has 0 amide bonds. The molecule has 1 saturated heterocycles. The normalized spacial score (nSPS) is 15.3. The third-order valence-electron chi connectivity index (χ3n) is 3.93. The van der Waals surface area contributed by atoms with Gasteiger partial charge in [0, 0.05) is 32.3 Å². The summed E-state index contributed by atoms with van der Waals surface area (Å²) in [7, 11) is 1.65. The standard InChI is InChI=1S/C14H16N4O4/c1-9-15-11-7-10(18(20)21)8-12(13(11)14(19)16(9)2)17-3-5-22-6-4-17/h7-8H,3-6H2,1-2H3. The number of hydrogen-bond donors (Lipinski definition) is 0. The van der Waals surface area contributed by atoms with Crippen molar-refractivity contribution < 1.29 is 9.66 Å². The van der Waals surface area contributed by atoms with Crippen LogP contribution in [0.3, 0.4) is 0 Å². The minimum absolute atomic E-state index is 0.0610. The van der Waals surface area contributed by atoms with Gasteiger partial charge in [0.15, 0.2) is 0 Å². The van der Waals surface area contributed by atoms with Crippen molar-refractivity contribution in [2.75, 3.05) is 31.2 Å². The zero-order chi connectivity index (χ0) is 15.9. The Balaban J connectivity index is 2.33. The number of nitrogens with zero attached hydrogens (tertiary/aromatic N) is 4. The molecule has 0 spiro atoms. The molecule has 0 N–H and O–H groups in total. The van der Waals surface area contributed by atoms with Gasteiger partial charge in [0.25, 0.3) is 11.2 Å². The molecule has 0 radical (unpaired) electrons. The van der Waals surface area contributed by atoms with Gasteiger partial charge in [-0.2, -0.15) is 0 Å². The monoisotopic (exact) mass is 304 g/mol. The number of non-ortho nitro benzene ring substituents is 1. The predicted molar refractivity (Wildman–Crippen MR) is 81.4 cm³/mol. The van der Waals surface area contributed by atoms with Crippen molar-refractivity contribution in [1.29, 1.82) is 0 Å². The van der Waals surface area contributed by atoms with Crippen LogP contribution in [0.15, 0.2) is 16.9 Å². The summed E-state index contributed by atoms with van der Waals surface area (Å²) in [5.74, 6) is 0.519. The van der Waals surface area contributed by atoms with E-state index in [4.69, 9.17) is 4.74 Å². The molecule has 8 nitrogen and oxygen atoms in total. The van der Waals surface area contributed by atoms with Crippen LogP contribution in [0, 0.1) is 17.0 Å². The lowest BCUT2D eigenvalue weighted by molar-refractivity contribution is -0.384. The number of rotatable bonds is 2. The minimum Gasteiger partial charge on any atom is -0.378 e. The molecule has 2 heterocycles. The molecule has 2 aromatic rings. The summed E-state index contributed by atoms with van der Waals surface area (Å²) in [5, 5.41) is 11.6. The molecular formula is C14H16N4O4. The van der Waals surface area contributed by atoms with Gasteiger partial charge in [-0.3, -0.25) is 19.5 Å². The first-order valence-corrected chi connectivity index (χ1v) is 6.97. The number of aromatic nitrogens is 2. The first kappa shape index (κ1) is 14.5. The quantitative estimate of drug-likeness (QED) is 0.607. The number of nitro groups is 1. The summed E-state index contributed by atoms with van der Waals surface area (Å²) in [6, 6.07) is 2.81. The van der Waals surface area contributed by atoms with Gasteiger partial charge < -0.3 is 9.64 Å². The minimum atomic E-state index is -0.460. The zero-order valence-electron chi connectivity index (χ0n) is 12.4. The van der Waals surface area contributed by atoms with Gasteiger partial charge in [-0.1, -0.05) is 0 Å². The van der Waals surface area contributed by atoms with E-state index in [1.165, 1.54) is 16.7 Å². The van der Waals surface area contributed by atoms with Crippen LogP contribution in [0.2, 0.25) is 0 Å². The van der Waals surface area contributed by atoms with Crippen LogP contribution in [0.25, 0.3) is 10.9 Å². The number of anilines is 1. The Morgan fingerprint density at radius 3 is 2.64 bits per heavy atom. The predicted octanol–water partition coefficient (Wildman–Crippen LogP) is 0.987. The first-order chi connectivity index (χ1) is 10.5. The smallest absolute Gasteiger partial charge is 0.273 e. The van der Waals surface area contributed by atoms with Crippen LogP contribution in [-0.4, -0.2) is 40.8 Å². The molecule has 0 atom stereocenters. The van der Waals surface area contributed by atoms with Crippen molar-refractivity contribution in [3.63, 3.8) is 0 Å². The highest BCUT2D eigenvalue weighted by Crippen LogP contribution is 2.29. The second-order valence-electron chi connectivity index (χ2n) is 5.24. The van der Waals surface area contributed by atoms with E-state index in [2.05, 4.69) is 4.98 Å². The van der Waals surface area contributed by atoms with Gasteiger partial charge in [0.1, 0.15) is 5.82 Å². The Bertz CT molecular complexity index is 809. The van der Waals surface area contributed by atoms with E-state index in [-0.39, 0.29) is 11.2 Å². The number of morpholine rings is 1. The van der Waals surface area contributed by atoms with Crippen molar-refractivity contribution in [2.45, 2.75) is 6.92 Å². The third kappa shape index (κ3) is 2.31. The lowest BCUT2D eigenvalue weighted by atomic mass is 10.1. The number of hydrogen-bond acceptors (Lipinski definition) is 6. The maximum absolute atomic E-state index is 12.6. The van der Waals surface area contributed by atoms with Crippen molar-refractivity contribution in [2.24, 2.45) is 7.05 Å². The fourth-order valence-electron chi connectivity index (χ4n) is 2.63. The SMILES string of the molecule is Cc1nc2cc([N+](=O)[O-])cc(N3CCOCC3)c2c(=O)n1C. The Morgan fingerprint density at radius 1 is 1.32 bits per heavy atom. The molecule has 0 aliphatic carbocycles. The van der Waals surface area contributed by atoms with Gasteiger partial charge in [-0.25, -0.2) is 4.98 Å². The van der Waals surface area contributed by atoms with Crippen LogP contribution in [-0.2, 0) is 11.8 Å². The highest BCUT2D eigenvalue weighted by Gasteiger charge is 2.22. The molecule has 1 aromatic carbocycles. The molecule has 3 rings (SSSR count). The van der Waals surface area contributed by atoms with E-state index < -0.39 is 4.92 Å². The Hall–Kier alpha value is -2.48. The molecule has 116 valence electrons. The molecule has 0 saturated carbocycles. The van der Waals surface area contributed by atoms with E-state index in [0.717, 1.165) is 0 Å². The van der Waals surface area contributed by atoms with Gasteiger partial charge in [-0.15, -0.1) is 0 Å². The lowest BCUT2D eigenvalue weighted by Crippen LogP contribution is -2.37. The topological polar surface area (TPSA) is 90.5 Å². The largest absolute Gasteiger partial charge is 0.378 e. The van der Waals surface area contributed by atoms with E-state index in [1.54, 1.807) is 14.0 Å². The van der Waals surface area contributed by atoms with Crippen LogP contribution in [0.4, 0.5) is 11.4 Å². The molecule has 0 unspecified atom stereocenters. The van der Waals surface area contributed by atoms with E-state index >= 15 is 0 Å². The summed E-state index contributed by atoms with van der Waals surface area (Å²) in [5.41, 5.74) is 0.657. The van der Waals surface area contributed by atoms with Crippen molar-refractivity contribution in [3.05, 3.63) is 38.4 Å². The van der Waals surface area contributed by atoms with Crippen molar-refractivity contribution in [1.82, 2.24) is 9.55 Å². The van der Waals surface area contributed by atoms with Crippen LogP contribution in [0.1, 0.15) is 5.82 Å². The number of nitro benzene ring substituents is 1. The highest BCUT2D eigenvalue weighted by atomic mass is 16.6. The first-order valence-electron chi connectivity index (χ1n) is 6.97. The summed E-state index contributed by atoms with van der Waals surface area (Å²) in [4.78, 5) is 29.6. The van der Waals surface area contributed by atoms with Crippen molar-refractivity contribution >= 4 is 22.3 Å². The lowest BCUT2D eigenvalue weighted by Gasteiger charge is -2.29. The molecule has 1 fully saturated rings. The van der Waals surface area contributed by atoms with Crippen LogP contribution in [0.5, 0.6) is 0 Å². The summed E-state index contributed by atoms with van der Waals surface area (Å²) < 4.78 is 6.77. The summed E-state index contributed by atoms with van der Waals surface area (Å²) in [6.07, 6.45) is 0. The molecule has 1 aliphatic heterocycles. The van der Waals surface area contributed by atoms with Gasteiger partial charge >= 0.3 is 0 Å². The van der Waals surface area contributed by atoms with Crippen LogP contribution < -0.4 is 10.5 Å². The molecule has 1 aromatic heterocycles. The van der Waals surface area contributed by atoms with E-state index in [1.807, 2.05) is 4.90 Å². The van der Waals surface area contributed by atoms with E-state index in [0.29, 0.717) is 48.7 Å². The molecule has 22 heavy (non-hydrogen) atoms. The average Bonchev–Trinajstić information content (AvgIpc) is 2.52. The number of fused-ring (bicyclic) bond motifs is 1. The number of ether oxygens (including phenoxy) is 1. The fourth-order valence-corrected chi connectivity index (χ4v) is 2.63. The zero-order valence-corrected chi connectivity index (χ0v) is 12.4. The number of aryl methyl sites for hydroxylation is 1. The molecule has 8 heteroatoms. The summed E-state index contributed by atoms with van der Waals surface area (Å²) in [6.45, 7) is 3.95. The second kappa shape index (κ2) is 5.38. The maximum Gasteiger partial charge on any atom is 0.273 e. The third-order valence-corrected chi connectivity index (χ3v) is 3.93. The Morgan fingerprint density at radius 2 is 2.00 bits per heavy atom. The van der Waals surface area contributed by atoms with Gasteiger partial charge in [0.2, 0.25) is 0 Å². The second-order valence-corrected chi connectivity index (χ2v) is 5.24. The molecule has 1 aliphatic rings. The van der Waals surface area contributed by atoms with Crippen molar-refractivity contribution in [3.8, 4) is 0 Å². The average molecular weight is 304 g/mol. The Kier molecular flexibility index (Phi) is 3.53. The molecular weight excluding hydrogens is 288 g/mol. The number of benzene rings is 1. The van der Waals surface area contributed by atoms with Gasteiger partial charge in [-0.05, 0) is 6.92 Å². The molecule has 0 bridgehead atoms. The van der Waals surface area contributed by atoms with Gasteiger partial charge in [0.05, 0.1) is 34.7 Å². The maximum atomic E-state index is 12.6. The highest BCUT2D eigenvalue weighted by molar-refractivity contribution is 5.93. The Labute approximate surface area is 126 Å².